The zero-order valence-electron chi connectivity index (χ0n) is 9.67. The molecule has 0 aromatic rings. The summed E-state index contributed by atoms with van der Waals surface area (Å²) in [5.41, 5.74) is 0. The Bertz CT molecular complexity index is 220. The van der Waals surface area contributed by atoms with Gasteiger partial charge in [-0.15, -0.1) is 0 Å². The third kappa shape index (κ3) is 2.94. The van der Waals surface area contributed by atoms with E-state index in [9.17, 15) is 4.79 Å². The van der Waals surface area contributed by atoms with Gasteiger partial charge in [0.25, 0.3) is 0 Å². The fraction of sp³-hybridized carbons (Fsp3) is 0.917. The van der Waals surface area contributed by atoms with E-state index in [1.165, 1.54) is 12.8 Å². The van der Waals surface area contributed by atoms with E-state index >= 15 is 0 Å². The molecular weight excluding hydrogens is 188 g/mol. The number of nitrogens with zero attached hydrogens (tertiary/aromatic N) is 1. The molecule has 3 heteroatoms. The number of hydrogen-bond donors (Lipinski definition) is 1. The largest absolute Gasteiger partial charge is 0.342 e. The summed E-state index contributed by atoms with van der Waals surface area (Å²) < 4.78 is 0. The van der Waals surface area contributed by atoms with Gasteiger partial charge in [0.15, 0.2) is 0 Å². The zero-order valence-corrected chi connectivity index (χ0v) is 9.67. The van der Waals surface area contributed by atoms with E-state index in [-0.39, 0.29) is 5.92 Å². The predicted molar refractivity (Wildman–Crippen MR) is 60.6 cm³/mol. The third-order valence-electron chi connectivity index (χ3n) is 3.52. The van der Waals surface area contributed by atoms with Crippen molar-refractivity contribution in [3.05, 3.63) is 0 Å². The minimum absolute atomic E-state index is 0.248. The molecule has 0 spiro atoms. The quantitative estimate of drug-likeness (QED) is 0.757. The van der Waals surface area contributed by atoms with E-state index in [2.05, 4.69) is 17.1 Å². The Morgan fingerprint density at radius 3 is 2.73 bits per heavy atom. The van der Waals surface area contributed by atoms with Crippen LogP contribution in [0.3, 0.4) is 0 Å². The molecule has 15 heavy (non-hydrogen) atoms. The highest BCUT2D eigenvalue weighted by atomic mass is 16.2. The Morgan fingerprint density at radius 1 is 1.40 bits per heavy atom. The van der Waals surface area contributed by atoms with Crippen LogP contribution in [0.15, 0.2) is 0 Å². The van der Waals surface area contributed by atoms with Gasteiger partial charge in [0.05, 0.1) is 5.92 Å². The number of carbonyl (C=O) groups excluding carboxylic acids is 1. The number of carbonyl (C=O) groups is 1. The number of amides is 1. The van der Waals surface area contributed by atoms with Crippen LogP contribution >= 0.6 is 0 Å². The SMILES string of the molecule is CCN(CC1CC1)C(=O)C1CCCNC1. The molecule has 1 saturated carbocycles. The molecular formula is C12H22N2O. The second kappa shape index (κ2) is 4.97. The summed E-state index contributed by atoms with van der Waals surface area (Å²) in [7, 11) is 0. The molecule has 1 saturated heterocycles. The van der Waals surface area contributed by atoms with Gasteiger partial charge >= 0.3 is 0 Å². The summed E-state index contributed by atoms with van der Waals surface area (Å²) in [6, 6.07) is 0. The standard InChI is InChI=1S/C12H22N2O/c1-2-14(9-10-5-6-10)12(15)11-4-3-7-13-8-11/h10-11,13H,2-9H2,1H3. The van der Waals surface area contributed by atoms with Crippen LogP contribution in [0.25, 0.3) is 0 Å². The molecule has 86 valence electrons. The van der Waals surface area contributed by atoms with E-state index in [1.807, 2.05) is 0 Å². The van der Waals surface area contributed by atoms with E-state index in [4.69, 9.17) is 0 Å². The van der Waals surface area contributed by atoms with Crippen LogP contribution in [-0.2, 0) is 4.79 Å². The smallest absolute Gasteiger partial charge is 0.226 e. The highest BCUT2D eigenvalue weighted by Gasteiger charge is 2.29. The Kier molecular flexibility index (Phi) is 3.62. The van der Waals surface area contributed by atoms with Crippen LogP contribution in [0, 0.1) is 11.8 Å². The zero-order chi connectivity index (χ0) is 10.7. The molecule has 2 aliphatic rings. The summed E-state index contributed by atoms with van der Waals surface area (Å²) in [6.45, 7) is 5.95. The highest BCUT2D eigenvalue weighted by Crippen LogP contribution is 2.30. The first kappa shape index (κ1) is 10.9. The van der Waals surface area contributed by atoms with E-state index in [1.54, 1.807) is 0 Å². The van der Waals surface area contributed by atoms with Gasteiger partial charge in [0, 0.05) is 19.6 Å². The number of rotatable bonds is 4. The van der Waals surface area contributed by atoms with Crippen molar-refractivity contribution in [2.75, 3.05) is 26.2 Å². The number of piperidine rings is 1. The monoisotopic (exact) mass is 210 g/mol. The van der Waals surface area contributed by atoms with Crippen molar-refractivity contribution in [3.8, 4) is 0 Å². The normalized spacial score (nSPS) is 26.3. The molecule has 0 bridgehead atoms. The molecule has 1 amide bonds. The lowest BCUT2D eigenvalue weighted by molar-refractivity contribution is -0.136. The fourth-order valence-electron chi connectivity index (χ4n) is 2.31. The van der Waals surface area contributed by atoms with Crippen molar-refractivity contribution < 1.29 is 4.79 Å². The van der Waals surface area contributed by atoms with E-state index in [0.717, 1.165) is 44.9 Å². The summed E-state index contributed by atoms with van der Waals surface area (Å²) >= 11 is 0. The Balaban J connectivity index is 1.84. The van der Waals surface area contributed by atoms with E-state index < -0.39 is 0 Å². The third-order valence-corrected chi connectivity index (χ3v) is 3.52. The van der Waals surface area contributed by atoms with Crippen LogP contribution in [0.1, 0.15) is 32.6 Å². The molecule has 1 aliphatic carbocycles. The maximum Gasteiger partial charge on any atom is 0.226 e. The average molecular weight is 210 g/mol. The molecule has 1 heterocycles. The van der Waals surface area contributed by atoms with Crippen LogP contribution in [-0.4, -0.2) is 37.0 Å². The molecule has 1 N–H and O–H groups in total. The molecule has 2 fully saturated rings. The molecule has 0 aromatic carbocycles. The average Bonchev–Trinajstić information content (AvgIpc) is 3.10. The topological polar surface area (TPSA) is 32.3 Å². The van der Waals surface area contributed by atoms with Gasteiger partial charge < -0.3 is 10.2 Å². The van der Waals surface area contributed by atoms with Gasteiger partial charge in [-0.05, 0) is 45.1 Å². The van der Waals surface area contributed by atoms with Gasteiger partial charge in [0.1, 0.15) is 0 Å². The first-order valence-electron chi connectivity index (χ1n) is 6.30. The first-order valence-corrected chi connectivity index (χ1v) is 6.30. The lowest BCUT2D eigenvalue weighted by Gasteiger charge is -2.29. The van der Waals surface area contributed by atoms with Crippen molar-refractivity contribution >= 4 is 5.91 Å². The van der Waals surface area contributed by atoms with Crippen molar-refractivity contribution in [2.45, 2.75) is 32.6 Å². The molecule has 0 radical (unpaired) electrons. The summed E-state index contributed by atoms with van der Waals surface area (Å²) in [6.07, 6.45) is 4.88. The molecule has 1 unspecified atom stereocenters. The predicted octanol–water partition coefficient (Wildman–Crippen LogP) is 1.24. The molecule has 1 aliphatic heterocycles. The number of nitrogens with one attached hydrogen (secondary N) is 1. The van der Waals surface area contributed by atoms with Gasteiger partial charge in [-0.1, -0.05) is 0 Å². The van der Waals surface area contributed by atoms with Crippen molar-refractivity contribution in [3.63, 3.8) is 0 Å². The van der Waals surface area contributed by atoms with Crippen molar-refractivity contribution in [1.82, 2.24) is 10.2 Å². The van der Waals surface area contributed by atoms with Crippen molar-refractivity contribution in [1.29, 1.82) is 0 Å². The lowest BCUT2D eigenvalue weighted by atomic mass is 9.98. The minimum atomic E-state index is 0.248. The molecule has 0 aromatic heterocycles. The number of hydrogen-bond acceptors (Lipinski definition) is 2. The Morgan fingerprint density at radius 2 is 2.20 bits per heavy atom. The van der Waals surface area contributed by atoms with Crippen LogP contribution in [0.4, 0.5) is 0 Å². The van der Waals surface area contributed by atoms with E-state index in [0.29, 0.717) is 5.91 Å². The Hall–Kier alpha value is -0.570. The summed E-state index contributed by atoms with van der Waals surface area (Å²) in [5.74, 6) is 1.44. The van der Waals surface area contributed by atoms with Gasteiger partial charge in [0.2, 0.25) is 5.91 Å². The first-order chi connectivity index (χ1) is 7.31. The van der Waals surface area contributed by atoms with Crippen LogP contribution in [0.2, 0.25) is 0 Å². The molecule has 2 rings (SSSR count). The van der Waals surface area contributed by atoms with Gasteiger partial charge in [-0.2, -0.15) is 0 Å². The van der Waals surface area contributed by atoms with Crippen molar-refractivity contribution in [2.24, 2.45) is 11.8 Å². The maximum atomic E-state index is 12.2. The summed E-state index contributed by atoms with van der Waals surface area (Å²) in [5, 5.41) is 3.32. The van der Waals surface area contributed by atoms with Crippen LogP contribution < -0.4 is 5.32 Å². The maximum absolute atomic E-state index is 12.2. The van der Waals surface area contributed by atoms with Gasteiger partial charge in [-0.25, -0.2) is 0 Å². The molecule has 3 nitrogen and oxygen atoms in total. The van der Waals surface area contributed by atoms with Gasteiger partial charge in [-0.3, -0.25) is 4.79 Å². The second-order valence-electron chi connectivity index (χ2n) is 4.86. The lowest BCUT2D eigenvalue weighted by Crippen LogP contribution is -2.43. The highest BCUT2D eigenvalue weighted by molar-refractivity contribution is 5.79. The van der Waals surface area contributed by atoms with Crippen LogP contribution in [0.5, 0.6) is 0 Å². The summed E-state index contributed by atoms with van der Waals surface area (Å²) in [4.78, 5) is 14.2. The minimum Gasteiger partial charge on any atom is -0.342 e. The Labute approximate surface area is 92.2 Å². The fourth-order valence-corrected chi connectivity index (χ4v) is 2.31. The molecule has 1 atom stereocenters. The second-order valence-corrected chi connectivity index (χ2v) is 4.86.